The number of benzene rings is 1. The Kier molecular flexibility index (Phi) is 5.18. The third-order valence-electron chi connectivity index (χ3n) is 4.04. The molecule has 0 bridgehead atoms. The van der Waals surface area contributed by atoms with Gasteiger partial charge in [0.15, 0.2) is 17.8 Å². The van der Waals surface area contributed by atoms with Crippen LogP contribution in [0.5, 0.6) is 0 Å². The van der Waals surface area contributed by atoms with Crippen molar-refractivity contribution in [1.82, 2.24) is 4.90 Å². The largest absolute Gasteiger partial charge is 0.440 e. The molecule has 2 heterocycles. The Morgan fingerprint density at radius 1 is 1.19 bits per heavy atom. The quantitative estimate of drug-likeness (QED) is 0.768. The third-order valence-corrected chi connectivity index (χ3v) is 4.04. The summed E-state index contributed by atoms with van der Waals surface area (Å²) in [5.41, 5.74) is 3.38. The normalized spacial score (nSPS) is 16.0. The lowest BCUT2D eigenvalue weighted by Gasteiger charge is -2.26. The second-order valence-electron chi connectivity index (χ2n) is 6.07. The highest BCUT2D eigenvalue weighted by Gasteiger charge is 2.23. The molecule has 0 unspecified atom stereocenters. The van der Waals surface area contributed by atoms with E-state index in [2.05, 4.69) is 10.6 Å². The minimum atomic E-state index is -0.332. The van der Waals surface area contributed by atoms with Crippen molar-refractivity contribution in [2.24, 2.45) is 0 Å². The van der Waals surface area contributed by atoms with Gasteiger partial charge < -0.3 is 15.4 Å². The molecule has 2 aliphatic rings. The second-order valence-corrected chi connectivity index (χ2v) is 6.07. The van der Waals surface area contributed by atoms with Gasteiger partial charge in [-0.05, 0) is 30.7 Å². The van der Waals surface area contributed by atoms with Crippen molar-refractivity contribution in [2.45, 2.75) is 6.92 Å². The fourth-order valence-electron chi connectivity index (χ4n) is 2.90. The van der Waals surface area contributed by atoms with Crippen molar-refractivity contribution in [3.8, 4) is 0 Å². The van der Waals surface area contributed by atoms with Crippen molar-refractivity contribution in [2.75, 3.05) is 30.3 Å². The average Bonchev–Trinajstić information content (AvgIpc) is 2.67. The van der Waals surface area contributed by atoms with Crippen LogP contribution in [-0.4, -0.2) is 48.3 Å². The number of carbonyl (C=O) groups excluding carboxylic acids is 4. The molecule has 136 valence electrons. The Morgan fingerprint density at radius 3 is 2.52 bits per heavy atom. The third kappa shape index (κ3) is 4.12. The van der Waals surface area contributed by atoms with Crippen LogP contribution < -0.4 is 10.6 Å². The molecule has 1 aromatic rings. The smallest absolute Gasteiger partial charge is 0.238 e. The lowest BCUT2D eigenvalue weighted by atomic mass is 10.00. The fraction of sp³-hybridized carbons (Fsp3) is 0.211. The molecule has 0 aromatic heterocycles. The SMILES string of the molecule is CC1=CC(=C=O)Nc2cc(NC(=O)CN3CC(=C=O)OC(=C=O)C3)ccc21. The molecule has 0 radical (unpaired) electrons. The summed E-state index contributed by atoms with van der Waals surface area (Å²) in [6.45, 7) is 1.98. The van der Waals surface area contributed by atoms with Gasteiger partial charge in [-0.25, -0.2) is 14.4 Å². The number of carbonyl (C=O) groups is 1. The Balaban J connectivity index is 1.70. The minimum Gasteiger partial charge on any atom is -0.440 e. The standard InChI is InChI=1S/C19H15N3O5/c1-12-4-14(9-23)20-18-5-13(2-3-17(12)18)21-19(26)8-22-6-15(10-24)27-16(7-22)11-25/h2-5,20H,6-8H2,1H3,(H,21,26). The molecule has 0 atom stereocenters. The molecular weight excluding hydrogens is 350 g/mol. The molecule has 3 rings (SSSR count). The number of anilines is 2. The average molecular weight is 365 g/mol. The maximum Gasteiger partial charge on any atom is 0.238 e. The summed E-state index contributed by atoms with van der Waals surface area (Å²) in [7, 11) is 0. The fourth-order valence-corrected chi connectivity index (χ4v) is 2.90. The van der Waals surface area contributed by atoms with Gasteiger partial charge in [-0.15, -0.1) is 0 Å². The molecule has 1 amide bonds. The van der Waals surface area contributed by atoms with Crippen LogP contribution in [0.2, 0.25) is 0 Å². The molecule has 2 aliphatic heterocycles. The van der Waals surface area contributed by atoms with Gasteiger partial charge in [-0.2, -0.15) is 0 Å². The number of hydrogen-bond donors (Lipinski definition) is 2. The van der Waals surface area contributed by atoms with Crippen molar-refractivity contribution in [3.05, 3.63) is 47.1 Å². The number of rotatable bonds is 3. The van der Waals surface area contributed by atoms with E-state index in [-0.39, 0.29) is 37.1 Å². The van der Waals surface area contributed by atoms with E-state index in [4.69, 9.17) is 4.74 Å². The number of amides is 1. The number of fused-ring (bicyclic) bond motifs is 1. The number of nitrogens with one attached hydrogen (secondary N) is 2. The molecule has 1 aromatic carbocycles. The Hall–Kier alpha value is -3.66. The summed E-state index contributed by atoms with van der Waals surface area (Å²) in [5, 5.41) is 5.69. The lowest BCUT2D eigenvalue weighted by Crippen LogP contribution is -2.39. The Morgan fingerprint density at radius 2 is 1.89 bits per heavy atom. The van der Waals surface area contributed by atoms with Crippen molar-refractivity contribution in [3.63, 3.8) is 0 Å². The van der Waals surface area contributed by atoms with Crippen molar-refractivity contribution in [1.29, 1.82) is 0 Å². The van der Waals surface area contributed by atoms with Crippen LogP contribution in [-0.2, 0) is 23.9 Å². The van der Waals surface area contributed by atoms with Gasteiger partial charge in [0.1, 0.15) is 5.70 Å². The number of hydrogen-bond acceptors (Lipinski definition) is 7. The van der Waals surface area contributed by atoms with E-state index >= 15 is 0 Å². The van der Waals surface area contributed by atoms with Crippen molar-refractivity contribution >= 4 is 40.7 Å². The van der Waals surface area contributed by atoms with Crippen LogP contribution in [0.15, 0.2) is 41.5 Å². The monoisotopic (exact) mass is 365 g/mol. The number of morpholine rings is 1. The molecule has 27 heavy (non-hydrogen) atoms. The van der Waals surface area contributed by atoms with Gasteiger partial charge in [0.05, 0.1) is 19.6 Å². The zero-order valence-electron chi connectivity index (χ0n) is 14.4. The van der Waals surface area contributed by atoms with Gasteiger partial charge in [0, 0.05) is 16.9 Å². The van der Waals surface area contributed by atoms with E-state index in [1.807, 2.05) is 18.9 Å². The summed E-state index contributed by atoms with van der Waals surface area (Å²) in [4.78, 5) is 46.3. The van der Waals surface area contributed by atoms with Crippen LogP contribution in [0.3, 0.4) is 0 Å². The summed E-state index contributed by atoms with van der Waals surface area (Å²) in [5.74, 6) is 4.53. The highest BCUT2D eigenvalue weighted by Crippen LogP contribution is 2.32. The van der Waals surface area contributed by atoms with Gasteiger partial charge in [-0.3, -0.25) is 9.69 Å². The first-order valence-electron chi connectivity index (χ1n) is 8.05. The lowest BCUT2D eigenvalue weighted by molar-refractivity contribution is -0.117. The molecule has 1 saturated heterocycles. The minimum absolute atomic E-state index is 0.0529. The number of ether oxygens (including phenoxy) is 1. The van der Waals surface area contributed by atoms with E-state index in [1.165, 1.54) is 0 Å². The van der Waals surface area contributed by atoms with Crippen LogP contribution in [0.25, 0.3) is 5.57 Å². The number of allylic oxidation sites excluding steroid dienone is 2. The molecule has 2 N–H and O–H groups in total. The first-order chi connectivity index (χ1) is 13.0. The van der Waals surface area contributed by atoms with E-state index < -0.39 is 0 Å². The van der Waals surface area contributed by atoms with E-state index in [1.54, 1.807) is 35.0 Å². The predicted molar refractivity (Wildman–Crippen MR) is 97.5 cm³/mol. The summed E-state index contributed by atoms with van der Waals surface area (Å²) in [6.07, 6.45) is 1.70. The van der Waals surface area contributed by atoms with Gasteiger partial charge >= 0.3 is 0 Å². The molecule has 8 heteroatoms. The highest BCUT2D eigenvalue weighted by atomic mass is 16.5. The zero-order chi connectivity index (χ0) is 19.4. The van der Waals surface area contributed by atoms with Crippen LogP contribution in [0.4, 0.5) is 11.4 Å². The maximum atomic E-state index is 12.3. The first-order valence-corrected chi connectivity index (χ1v) is 8.05. The Labute approximate surface area is 154 Å². The predicted octanol–water partition coefficient (Wildman–Crippen LogP) is 0.933. The van der Waals surface area contributed by atoms with Crippen LogP contribution in [0, 0.1) is 0 Å². The van der Waals surface area contributed by atoms with E-state index in [0.29, 0.717) is 17.1 Å². The summed E-state index contributed by atoms with van der Waals surface area (Å²) >= 11 is 0. The first kappa shape index (κ1) is 18.1. The molecule has 0 saturated carbocycles. The van der Waals surface area contributed by atoms with Gasteiger partial charge in [-0.1, -0.05) is 6.07 Å². The van der Waals surface area contributed by atoms with E-state index in [0.717, 1.165) is 11.1 Å². The summed E-state index contributed by atoms with van der Waals surface area (Å²) < 4.78 is 4.97. The van der Waals surface area contributed by atoms with Crippen LogP contribution >= 0.6 is 0 Å². The Bertz CT molecular complexity index is 965. The topological polar surface area (TPSA) is 105 Å². The molecule has 8 nitrogen and oxygen atoms in total. The highest BCUT2D eigenvalue weighted by molar-refractivity contribution is 5.94. The van der Waals surface area contributed by atoms with Crippen LogP contribution in [0.1, 0.15) is 12.5 Å². The number of nitrogens with zero attached hydrogens (tertiary/aromatic N) is 1. The van der Waals surface area contributed by atoms with Gasteiger partial charge in [0.25, 0.3) is 0 Å². The zero-order valence-corrected chi connectivity index (χ0v) is 14.4. The summed E-state index contributed by atoms with van der Waals surface area (Å²) in [6, 6.07) is 5.30. The van der Waals surface area contributed by atoms with Gasteiger partial charge in [0.2, 0.25) is 17.4 Å². The molecular formula is C19H15N3O5. The molecule has 1 fully saturated rings. The molecule has 0 aliphatic carbocycles. The molecule has 0 spiro atoms. The van der Waals surface area contributed by atoms with E-state index in [9.17, 15) is 19.2 Å². The second kappa shape index (κ2) is 7.70. The maximum absolute atomic E-state index is 12.3. The van der Waals surface area contributed by atoms with Crippen molar-refractivity contribution < 1.29 is 23.9 Å².